The zero-order valence-corrected chi connectivity index (χ0v) is 20.9. The third-order valence-electron chi connectivity index (χ3n) is 6.10. The van der Waals surface area contributed by atoms with Crippen LogP contribution in [-0.2, 0) is 13.1 Å². The van der Waals surface area contributed by atoms with Crippen molar-refractivity contribution in [1.29, 1.82) is 0 Å². The Balaban J connectivity index is 1.22. The normalized spacial score (nSPS) is 19.1. The molecule has 6 nitrogen and oxygen atoms in total. The smallest absolute Gasteiger partial charge is 0.121 e. The molecular formula is C26H31Cl2N3O3. The zero-order valence-electron chi connectivity index (χ0n) is 19.4. The predicted molar refractivity (Wildman–Crippen MR) is 135 cm³/mol. The first kappa shape index (κ1) is 24.9. The minimum Gasteiger partial charge on any atom is -0.492 e. The Hall–Kier alpha value is -2.25. The number of aromatic nitrogens is 2. The highest BCUT2D eigenvalue weighted by atomic mass is 35.5. The molecule has 8 heteroatoms. The molecule has 1 N–H and O–H groups in total. The summed E-state index contributed by atoms with van der Waals surface area (Å²) in [5.41, 5.74) is 1.38. The number of aliphatic hydroxyl groups is 1. The number of ether oxygens (including phenoxy) is 2. The highest BCUT2D eigenvalue weighted by molar-refractivity contribution is 6.42. The Bertz CT molecular complexity index is 1070. The molecule has 0 spiro atoms. The lowest BCUT2D eigenvalue weighted by Gasteiger charge is -2.27. The van der Waals surface area contributed by atoms with E-state index in [4.69, 9.17) is 32.7 Å². The lowest BCUT2D eigenvalue weighted by atomic mass is 9.96. The van der Waals surface area contributed by atoms with E-state index in [1.54, 1.807) is 18.2 Å². The number of hydrogen-bond donors (Lipinski definition) is 1. The first-order valence-electron chi connectivity index (χ1n) is 11.6. The van der Waals surface area contributed by atoms with E-state index in [-0.39, 0.29) is 6.61 Å². The average molecular weight is 504 g/mol. The molecule has 1 aromatic heterocycles. The summed E-state index contributed by atoms with van der Waals surface area (Å²) in [6.07, 6.45) is 4.23. The SMILES string of the molecule is Cc1ccn(CCOc2ccc(CN3CCC[C@](O)(COc4ccc(Cl)c(Cl)c4)CC3)cc2)n1. The van der Waals surface area contributed by atoms with E-state index >= 15 is 0 Å². The first-order valence-corrected chi connectivity index (χ1v) is 12.4. The molecule has 1 atom stereocenters. The molecule has 0 bridgehead atoms. The fraction of sp³-hybridized carbons (Fsp3) is 0.423. The summed E-state index contributed by atoms with van der Waals surface area (Å²) in [5, 5.41) is 16.4. The summed E-state index contributed by atoms with van der Waals surface area (Å²) < 4.78 is 13.6. The molecule has 0 saturated carbocycles. The lowest BCUT2D eigenvalue weighted by molar-refractivity contribution is -0.0168. The Morgan fingerprint density at radius 2 is 1.76 bits per heavy atom. The molecule has 2 heterocycles. The third kappa shape index (κ3) is 7.12. The van der Waals surface area contributed by atoms with Crippen LogP contribution in [0.4, 0.5) is 0 Å². The number of hydrogen-bond acceptors (Lipinski definition) is 5. The van der Waals surface area contributed by atoms with Crippen LogP contribution in [0.15, 0.2) is 54.7 Å². The Morgan fingerprint density at radius 1 is 0.971 bits per heavy atom. The summed E-state index contributed by atoms with van der Waals surface area (Å²) in [5.74, 6) is 1.48. The molecule has 3 aromatic rings. The van der Waals surface area contributed by atoms with Gasteiger partial charge in [0.1, 0.15) is 24.7 Å². The summed E-state index contributed by atoms with van der Waals surface area (Å²) in [6.45, 7) is 6.11. The van der Waals surface area contributed by atoms with Gasteiger partial charge in [0.15, 0.2) is 0 Å². The maximum Gasteiger partial charge on any atom is 0.121 e. The van der Waals surface area contributed by atoms with Crippen LogP contribution in [0.25, 0.3) is 0 Å². The molecule has 0 amide bonds. The Morgan fingerprint density at radius 3 is 2.50 bits per heavy atom. The van der Waals surface area contributed by atoms with Crippen LogP contribution < -0.4 is 9.47 Å². The molecule has 1 saturated heterocycles. The van der Waals surface area contributed by atoms with Gasteiger partial charge in [0.05, 0.1) is 27.9 Å². The number of benzene rings is 2. The lowest BCUT2D eigenvalue weighted by Crippen LogP contribution is -2.37. The fourth-order valence-corrected chi connectivity index (χ4v) is 4.40. The molecular weight excluding hydrogens is 473 g/mol. The quantitative estimate of drug-likeness (QED) is 0.425. The van der Waals surface area contributed by atoms with Crippen molar-refractivity contribution >= 4 is 23.2 Å². The number of likely N-dealkylation sites (tertiary alicyclic amines) is 1. The second-order valence-electron chi connectivity index (χ2n) is 8.93. The van der Waals surface area contributed by atoms with Gasteiger partial charge in [-0.1, -0.05) is 35.3 Å². The number of aryl methyl sites for hydroxylation is 1. The fourth-order valence-electron chi connectivity index (χ4n) is 4.12. The van der Waals surface area contributed by atoms with Crippen molar-refractivity contribution < 1.29 is 14.6 Å². The van der Waals surface area contributed by atoms with Crippen LogP contribution in [0.2, 0.25) is 10.0 Å². The van der Waals surface area contributed by atoms with Crippen LogP contribution in [0.5, 0.6) is 11.5 Å². The molecule has 1 aliphatic heterocycles. The predicted octanol–water partition coefficient (Wildman–Crippen LogP) is 5.37. The van der Waals surface area contributed by atoms with Gasteiger partial charge in [-0.3, -0.25) is 9.58 Å². The van der Waals surface area contributed by atoms with Crippen LogP contribution >= 0.6 is 23.2 Å². The molecule has 0 radical (unpaired) electrons. The van der Waals surface area contributed by atoms with Crippen molar-refractivity contribution in [1.82, 2.24) is 14.7 Å². The van der Waals surface area contributed by atoms with Crippen LogP contribution in [0, 0.1) is 6.92 Å². The monoisotopic (exact) mass is 503 g/mol. The van der Waals surface area contributed by atoms with E-state index < -0.39 is 5.60 Å². The summed E-state index contributed by atoms with van der Waals surface area (Å²) in [7, 11) is 0. The van der Waals surface area contributed by atoms with Crippen molar-refractivity contribution in [2.45, 2.75) is 44.9 Å². The largest absolute Gasteiger partial charge is 0.492 e. The van der Waals surface area contributed by atoms with E-state index in [0.717, 1.165) is 44.0 Å². The number of halogens is 2. The molecule has 34 heavy (non-hydrogen) atoms. The van der Waals surface area contributed by atoms with Crippen LogP contribution in [0.1, 0.15) is 30.5 Å². The van der Waals surface area contributed by atoms with Gasteiger partial charge in [0, 0.05) is 25.4 Å². The van der Waals surface area contributed by atoms with Crippen molar-refractivity contribution in [2.75, 3.05) is 26.3 Å². The van der Waals surface area contributed by atoms with Crippen LogP contribution in [-0.4, -0.2) is 51.7 Å². The second-order valence-corrected chi connectivity index (χ2v) is 9.75. The van der Waals surface area contributed by atoms with Gasteiger partial charge in [-0.05, 0) is 68.6 Å². The summed E-state index contributed by atoms with van der Waals surface area (Å²) in [4.78, 5) is 2.38. The summed E-state index contributed by atoms with van der Waals surface area (Å²) >= 11 is 12.0. The van der Waals surface area contributed by atoms with Gasteiger partial charge in [0.2, 0.25) is 0 Å². The van der Waals surface area contributed by atoms with Crippen molar-refractivity contribution in [3.05, 3.63) is 76.0 Å². The van der Waals surface area contributed by atoms with E-state index in [0.29, 0.717) is 35.2 Å². The Labute approximate surface area is 211 Å². The zero-order chi connectivity index (χ0) is 24.0. The van der Waals surface area contributed by atoms with Crippen molar-refractivity contribution in [3.8, 4) is 11.5 Å². The number of nitrogens with zero attached hydrogens (tertiary/aromatic N) is 3. The molecule has 4 rings (SSSR count). The highest BCUT2D eigenvalue weighted by Crippen LogP contribution is 2.29. The minimum absolute atomic E-state index is 0.239. The number of rotatable bonds is 9. The topological polar surface area (TPSA) is 59.8 Å². The molecule has 2 aromatic carbocycles. The van der Waals surface area contributed by atoms with Crippen molar-refractivity contribution in [2.24, 2.45) is 0 Å². The van der Waals surface area contributed by atoms with Gasteiger partial charge in [-0.15, -0.1) is 0 Å². The molecule has 1 fully saturated rings. The summed E-state index contributed by atoms with van der Waals surface area (Å²) in [6, 6.07) is 15.4. The molecule has 1 aliphatic rings. The average Bonchev–Trinajstić information content (AvgIpc) is 3.15. The van der Waals surface area contributed by atoms with Gasteiger partial charge in [-0.2, -0.15) is 5.10 Å². The van der Waals surface area contributed by atoms with Crippen molar-refractivity contribution in [3.63, 3.8) is 0 Å². The van der Waals surface area contributed by atoms with E-state index in [1.165, 1.54) is 5.56 Å². The van der Waals surface area contributed by atoms with Gasteiger partial charge >= 0.3 is 0 Å². The second kappa shape index (κ2) is 11.5. The standard InChI is InChI=1S/C26H31Cl2N3O3/c1-20-9-13-31(29-20)15-16-33-22-5-3-21(4-6-22)18-30-12-2-10-26(32,11-14-30)19-34-23-7-8-24(27)25(28)17-23/h3-9,13,17,32H,2,10-12,14-16,18-19H2,1H3/t26-/m1/s1. The van der Waals surface area contributed by atoms with Crippen LogP contribution in [0.3, 0.4) is 0 Å². The van der Waals surface area contributed by atoms with Gasteiger partial charge in [0.25, 0.3) is 0 Å². The van der Waals surface area contributed by atoms with Gasteiger partial charge < -0.3 is 14.6 Å². The third-order valence-corrected chi connectivity index (χ3v) is 6.84. The molecule has 0 aliphatic carbocycles. The van der Waals surface area contributed by atoms with Gasteiger partial charge in [-0.25, -0.2) is 0 Å². The highest BCUT2D eigenvalue weighted by Gasteiger charge is 2.31. The van der Waals surface area contributed by atoms with E-state index in [9.17, 15) is 5.11 Å². The molecule has 182 valence electrons. The van der Waals surface area contributed by atoms with E-state index in [1.807, 2.05) is 36.0 Å². The first-order chi connectivity index (χ1) is 16.4. The molecule has 0 unspecified atom stereocenters. The maximum atomic E-state index is 11.1. The minimum atomic E-state index is -0.855. The maximum absolute atomic E-state index is 11.1. The Kier molecular flexibility index (Phi) is 8.37. The van der Waals surface area contributed by atoms with E-state index in [2.05, 4.69) is 22.1 Å².